The van der Waals surface area contributed by atoms with Gasteiger partial charge in [-0.2, -0.15) is 0 Å². The van der Waals surface area contributed by atoms with Crippen LogP contribution in [0.1, 0.15) is 32.3 Å². The molecule has 1 N–H and O–H groups in total. The first-order valence-electron chi connectivity index (χ1n) is 8.31. The summed E-state index contributed by atoms with van der Waals surface area (Å²) in [4.78, 5) is 24.1. The number of carbonyl (C=O) groups is 2. The van der Waals surface area contributed by atoms with E-state index in [0.717, 1.165) is 5.56 Å². The number of esters is 2. The molecule has 1 aromatic carbocycles. The van der Waals surface area contributed by atoms with Crippen LogP contribution in [0, 0.1) is 5.92 Å². The highest BCUT2D eigenvalue weighted by Gasteiger charge is 2.27. The van der Waals surface area contributed by atoms with Crippen molar-refractivity contribution in [3.05, 3.63) is 39.9 Å². The molecule has 0 bridgehead atoms. The summed E-state index contributed by atoms with van der Waals surface area (Å²) in [6, 6.07) is 3.92. The molecule has 1 rings (SSSR count). The molecular weight excluding hydrogens is 377 g/mol. The molecule has 0 fully saturated rings. The van der Waals surface area contributed by atoms with Gasteiger partial charge in [-0.3, -0.25) is 14.9 Å². The summed E-state index contributed by atoms with van der Waals surface area (Å²) in [5.41, 5.74) is 0.817. The van der Waals surface area contributed by atoms with E-state index in [1.54, 1.807) is 24.3 Å². The Kier molecular flexibility index (Phi) is 9.70. The fraction of sp³-hybridized carbons (Fsp3) is 0.474. The number of hydrogen-bond acceptors (Lipinski definition) is 5. The van der Waals surface area contributed by atoms with Crippen molar-refractivity contribution >= 4 is 41.2 Å². The average Bonchev–Trinajstić information content (AvgIpc) is 2.57. The Morgan fingerprint density at radius 2 is 1.58 bits per heavy atom. The summed E-state index contributed by atoms with van der Waals surface area (Å²) in [5, 5.41) is 4.10. The molecule has 0 amide bonds. The number of rotatable bonds is 9. The van der Waals surface area contributed by atoms with Crippen molar-refractivity contribution in [1.29, 1.82) is 0 Å². The number of halogens is 2. The molecular formula is C19H25Cl2NO4. The van der Waals surface area contributed by atoms with Gasteiger partial charge in [0.1, 0.15) is 12.1 Å². The van der Waals surface area contributed by atoms with Gasteiger partial charge in [-0.15, -0.1) is 0 Å². The summed E-state index contributed by atoms with van der Waals surface area (Å²) in [7, 11) is 2.64. The van der Waals surface area contributed by atoms with Crippen LogP contribution in [0.4, 0.5) is 0 Å². The normalized spacial score (nSPS) is 13.7. The molecule has 0 aliphatic heterocycles. The number of benzene rings is 1. The van der Waals surface area contributed by atoms with Crippen LogP contribution in [0.5, 0.6) is 0 Å². The highest BCUT2D eigenvalue weighted by molar-refractivity contribution is 6.34. The SMILES string of the molecule is COC(=O)[C@H](CC=Cc1cc(Cl)cc(Cl)c1)N[C@@H](CC(C)C)C(=O)OC. The molecule has 5 nitrogen and oxygen atoms in total. The Morgan fingerprint density at radius 1 is 1.04 bits per heavy atom. The largest absolute Gasteiger partial charge is 0.468 e. The molecule has 0 unspecified atom stereocenters. The van der Waals surface area contributed by atoms with Gasteiger partial charge in [0.15, 0.2) is 0 Å². The molecule has 26 heavy (non-hydrogen) atoms. The van der Waals surface area contributed by atoms with Crippen molar-refractivity contribution in [1.82, 2.24) is 5.32 Å². The highest BCUT2D eigenvalue weighted by atomic mass is 35.5. The Morgan fingerprint density at radius 3 is 2.08 bits per heavy atom. The molecule has 0 spiro atoms. The van der Waals surface area contributed by atoms with Crippen molar-refractivity contribution in [3.63, 3.8) is 0 Å². The van der Waals surface area contributed by atoms with Gasteiger partial charge in [-0.25, -0.2) is 0 Å². The molecule has 0 aliphatic rings. The number of hydrogen-bond donors (Lipinski definition) is 1. The van der Waals surface area contributed by atoms with Gasteiger partial charge in [0.2, 0.25) is 0 Å². The van der Waals surface area contributed by atoms with E-state index in [4.69, 9.17) is 32.7 Å². The fourth-order valence-electron chi connectivity index (χ4n) is 2.47. The topological polar surface area (TPSA) is 64.6 Å². The van der Waals surface area contributed by atoms with Gasteiger partial charge >= 0.3 is 11.9 Å². The van der Waals surface area contributed by atoms with E-state index in [0.29, 0.717) is 22.9 Å². The Hall–Kier alpha value is -1.56. The lowest BCUT2D eigenvalue weighted by Gasteiger charge is -2.23. The van der Waals surface area contributed by atoms with Crippen molar-refractivity contribution in [2.45, 2.75) is 38.8 Å². The highest BCUT2D eigenvalue weighted by Crippen LogP contribution is 2.20. The lowest BCUT2D eigenvalue weighted by atomic mass is 10.0. The van der Waals surface area contributed by atoms with Crippen LogP contribution >= 0.6 is 23.2 Å². The van der Waals surface area contributed by atoms with E-state index in [-0.39, 0.29) is 5.92 Å². The Labute approximate surface area is 164 Å². The molecule has 0 aliphatic carbocycles. The van der Waals surface area contributed by atoms with E-state index in [2.05, 4.69) is 5.32 Å². The predicted octanol–water partition coefficient (Wildman–Crippen LogP) is 4.12. The second-order valence-electron chi connectivity index (χ2n) is 6.29. The monoisotopic (exact) mass is 401 g/mol. The van der Waals surface area contributed by atoms with E-state index in [1.807, 2.05) is 19.9 Å². The minimum atomic E-state index is -0.672. The van der Waals surface area contributed by atoms with E-state index < -0.39 is 24.0 Å². The second-order valence-corrected chi connectivity index (χ2v) is 7.16. The number of ether oxygens (including phenoxy) is 2. The molecule has 0 aromatic heterocycles. The van der Waals surface area contributed by atoms with Gasteiger partial charge in [0, 0.05) is 10.0 Å². The van der Waals surface area contributed by atoms with Crippen molar-refractivity contribution < 1.29 is 19.1 Å². The van der Waals surface area contributed by atoms with Gasteiger partial charge in [0.05, 0.1) is 14.2 Å². The third kappa shape index (κ3) is 7.77. The molecule has 1 aromatic rings. The molecule has 0 heterocycles. The van der Waals surface area contributed by atoms with E-state index in [9.17, 15) is 9.59 Å². The molecule has 0 radical (unpaired) electrons. The summed E-state index contributed by atoms with van der Waals surface area (Å²) < 4.78 is 9.67. The standard InChI is InChI=1S/C19H25Cl2NO4/c1-12(2)8-17(19(24)26-4)22-16(18(23)25-3)7-5-6-13-9-14(20)11-15(21)10-13/h5-6,9-12,16-17,22H,7-8H2,1-4H3/t16-,17-/m0/s1. The molecule has 0 saturated heterocycles. The van der Waals surface area contributed by atoms with Crippen LogP contribution in [-0.2, 0) is 19.1 Å². The zero-order valence-corrected chi connectivity index (χ0v) is 16.9. The minimum Gasteiger partial charge on any atom is -0.468 e. The van der Waals surface area contributed by atoms with Crippen LogP contribution < -0.4 is 5.32 Å². The van der Waals surface area contributed by atoms with Crippen molar-refractivity contribution in [3.8, 4) is 0 Å². The minimum absolute atomic E-state index is 0.258. The number of nitrogens with one attached hydrogen (secondary N) is 1. The van der Waals surface area contributed by atoms with Crippen LogP contribution in [0.2, 0.25) is 10.0 Å². The van der Waals surface area contributed by atoms with Crippen molar-refractivity contribution in [2.75, 3.05) is 14.2 Å². The zero-order chi connectivity index (χ0) is 19.7. The fourth-order valence-corrected chi connectivity index (χ4v) is 3.02. The van der Waals surface area contributed by atoms with E-state index in [1.165, 1.54) is 14.2 Å². The molecule has 144 valence electrons. The van der Waals surface area contributed by atoms with Gasteiger partial charge in [-0.05, 0) is 42.5 Å². The van der Waals surface area contributed by atoms with Gasteiger partial charge in [0.25, 0.3) is 0 Å². The van der Waals surface area contributed by atoms with Crippen LogP contribution in [0.3, 0.4) is 0 Å². The lowest BCUT2D eigenvalue weighted by Crippen LogP contribution is -2.48. The first-order valence-corrected chi connectivity index (χ1v) is 9.06. The maximum atomic E-state index is 12.1. The van der Waals surface area contributed by atoms with Crippen molar-refractivity contribution in [2.24, 2.45) is 5.92 Å². The number of carbonyl (C=O) groups excluding carboxylic acids is 2. The first kappa shape index (κ1) is 22.5. The third-order valence-electron chi connectivity index (χ3n) is 3.65. The summed E-state index contributed by atoms with van der Waals surface area (Å²) >= 11 is 12.0. The average molecular weight is 402 g/mol. The third-order valence-corrected chi connectivity index (χ3v) is 4.08. The zero-order valence-electron chi connectivity index (χ0n) is 15.4. The predicted molar refractivity (Wildman–Crippen MR) is 104 cm³/mol. The smallest absolute Gasteiger partial charge is 0.323 e. The van der Waals surface area contributed by atoms with Crippen LogP contribution in [-0.4, -0.2) is 38.2 Å². The number of methoxy groups -OCH3 is 2. The maximum Gasteiger partial charge on any atom is 0.323 e. The molecule has 7 heteroatoms. The summed E-state index contributed by atoms with van der Waals surface area (Å²) in [6.45, 7) is 3.99. The van der Waals surface area contributed by atoms with E-state index >= 15 is 0 Å². The molecule has 2 atom stereocenters. The lowest BCUT2D eigenvalue weighted by molar-refractivity contribution is -0.146. The van der Waals surface area contributed by atoms with Crippen LogP contribution in [0.15, 0.2) is 24.3 Å². The summed E-state index contributed by atoms with van der Waals surface area (Å²) in [5.74, 6) is -0.594. The Balaban J connectivity index is 2.86. The van der Waals surface area contributed by atoms with Gasteiger partial charge < -0.3 is 9.47 Å². The Bertz CT molecular complexity index is 626. The molecule has 0 saturated carbocycles. The summed E-state index contributed by atoms with van der Waals surface area (Å²) in [6.07, 6.45) is 4.50. The second kappa shape index (κ2) is 11.2. The van der Waals surface area contributed by atoms with Crippen LogP contribution in [0.25, 0.3) is 6.08 Å². The maximum absolute atomic E-state index is 12.1. The quantitative estimate of drug-likeness (QED) is 0.630. The first-order chi connectivity index (χ1) is 12.3. The van der Waals surface area contributed by atoms with Gasteiger partial charge in [-0.1, -0.05) is 49.2 Å².